The standard InChI is InChI=1S/C37H35ClF2N6O2/c1-3-32(47)46-15-14-44(21-26(46)19-42-2)35-28-10-8-24(27-7-4-6-23-9-11-30(40)34(38)33(23)27)16-31(28)43-36(29(35)18-41)48-22-37-12-5-13-45(37)20-25(39)17-37/h3-4,6-11,16,25-26,28,31H,1,5,12-15,17,19-22H2/t25-,26+,28?,31?,37+/m1/s1. The van der Waals surface area contributed by atoms with Crippen LogP contribution in [0.5, 0.6) is 0 Å². The minimum atomic E-state index is -0.923. The van der Waals surface area contributed by atoms with Crippen LogP contribution in [-0.4, -0.2) is 96.2 Å². The number of ether oxygens (including phenoxy) is 1. The van der Waals surface area contributed by atoms with Gasteiger partial charge in [-0.15, -0.1) is 0 Å². The Morgan fingerprint density at radius 2 is 2.12 bits per heavy atom. The number of aliphatic imine (C=N–C) groups is 1. The van der Waals surface area contributed by atoms with E-state index in [1.54, 1.807) is 11.0 Å². The summed E-state index contributed by atoms with van der Waals surface area (Å²) in [6, 6.07) is 10.2. The van der Waals surface area contributed by atoms with E-state index in [9.17, 15) is 18.8 Å². The van der Waals surface area contributed by atoms with Gasteiger partial charge in [-0.05, 0) is 48.1 Å². The summed E-state index contributed by atoms with van der Waals surface area (Å²) in [5.41, 5.74) is 2.15. The van der Waals surface area contributed by atoms with Crippen molar-refractivity contribution >= 4 is 39.8 Å². The van der Waals surface area contributed by atoms with Crippen molar-refractivity contribution in [1.82, 2.24) is 14.7 Å². The first-order valence-corrected chi connectivity index (χ1v) is 16.7. The molecular weight excluding hydrogens is 634 g/mol. The highest BCUT2D eigenvalue weighted by molar-refractivity contribution is 6.36. The van der Waals surface area contributed by atoms with Gasteiger partial charge < -0.3 is 19.4 Å². The number of piperazine rings is 1. The molecule has 0 saturated carbocycles. The van der Waals surface area contributed by atoms with Gasteiger partial charge >= 0.3 is 0 Å². The molecule has 5 atom stereocenters. The fourth-order valence-corrected chi connectivity index (χ4v) is 8.49. The number of nitrogens with zero attached hydrogens (tertiary/aromatic N) is 6. The molecule has 3 saturated heterocycles. The highest BCUT2D eigenvalue weighted by Gasteiger charge is 2.50. The van der Waals surface area contributed by atoms with Gasteiger partial charge in [-0.1, -0.05) is 60.7 Å². The van der Waals surface area contributed by atoms with Gasteiger partial charge in [-0.25, -0.2) is 20.3 Å². The van der Waals surface area contributed by atoms with Crippen LogP contribution in [-0.2, 0) is 9.53 Å². The van der Waals surface area contributed by atoms with Crippen LogP contribution in [0.1, 0.15) is 24.8 Å². The summed E-state index contributed by atoms with van der Waals surface area (Å²) in [4.78, 5) is 27.2. The summed E-state index contributed by atoms with van der Waals surface area (Å²) in [5, 5.41) is 12.1. The zero-order valence-corrected chi connectivity index (χ0v) is 27.2. The molecule has 1 amide bonds. The quantitative estimate of drug-likeness (QED) is 0.280. The van der Waals surface area contributed by atoms with E-state index in [0.717, 1.165) is 41.6 Å². The lowest BCUT2D eigenvalue weighted by Gasteiger charge is -2.44. The van der Waals surface area contributed by atoms with Gasteiger partial charge in [0.2, 0.25) is 18.3 Å². The van der Waals surface area contributed by atoms with E-state index in [-0.39, 0.29) is 35.9 Å². The summed E-state index contributed by atoms with van der Waals surface area (Å²) >= 11 is 6.50. The van der Waals surface area contributed by atoms with Gasteiger partial charge in [0.15, 0.2) is 0 Å². The summed E-state index contributed by atoms with van der Waals surface area (Å²) in [7, 11) is 0. The van der Waals surface area contributed by atoms with Crippen LogP contribution in [0.15, 0.2) is 77.5 Å². The molecule has 0 bridgehead atoms. The molecule has 4 heterocycles. The Balaban J connectivity index is 1.29. The maximum absolute atomic E-state index is 14.6. The van der Waals surface area contributed by atoms with Crippen molar-refractivity contribution in [2.45, 2.75) is 43.1 Å². The molecule has 2 aromatic rings. The number of carbonyl (C=O) groups excluding carboxylic acids is 1. The molecule has 11 heteroatoms. The highest BCUT2D eigenvalue weighted by Crippen LogP contribution is 2.43. The number of fused-ring (bicyclic) bond motifs is 3. The Hall–Kier alpha value is -4.51. The molecule has 2 aromatic carbocycles. The molecule has 0 N–H and O–H groups in total. The third kappa shape index (κ3) is 5.47. The summed E-state index contributed by atoms with van der Waals surface area (Å²) in [6.07, 6.45) is 8.46. The number of benzene rings is 2. The number of halogens is 3. The maximum atomic E-state index is 14.6. The SMILES string of the molecule is [C-]#[N+]C[C@H]1CN(C2=C(C#N)C(OC[C@@]34CCCN3C[C@H](F)C4)=NC3C=C(c4cccc5ccc(F)c(Cl)c45)C=CC23)CCN1C(=O)C=C. The highest BCUT2D eigenvalue weighted by atomic mass is 35.5. The third-order valence-electron chi connectivity index (χ3n) is 10.4. The predicted molar refractivity (Wildman–Crippen MR) is 181 cm³/mol. The fraction of sp³-hybridized carbons (Fsp3) is 0.405. The average Bonchev–Trinajstić information content (AvgIpc) is 3.63. The van der Waals surface area contributed by atoms with Crippen LogP contribution in [0.25, 0.3) is 21.2 Å². The second-order valence-electron chi connectivity index (χ2n) is 13.1. The lowest BCUT2D eigenvalue weighted by atomic mass is 9.82. The van der Waals surface area contributed by atoms with Crippen molar-refractivity contribution < 1.29 is 18.3 Å². The van der Waals surface area contributed by atoms with Gasteiger partial charge in [-0.2, -0.15) is 5.26 Å². The Bertz CT molecular complexity index is 1890. The van der Waals surface area contributed by atoms with Crippen molar-refractivity contribution in [3.05, 3.63) is 100 Å². The van der Waals surface area contributed by atoms with E-state index in [2.05, 4.69) is 27.3 Å². The molecule has 2 unspecified atom stereocenters. The zero-order chi connectivity index (χ0) is 33.6. The van der Waals surface area contributed by atoms with Crippen LogP contribution >= 0.6 is 11.6 Å². The minimum absolute atomic E-state index is 0.0453. The van der Waals surface area contributed by atoms with Crippen molar-refractivity contribution in [2.24, 2.45) is 10.9 Å². The Morgan fingerprint density at radius 3 is 2.92 bits per heavy atom. The van der Waals surface area contributed by atoms with Crippen molar-refractivity contribution in [1.29, 1.82) is 5.26 Å². The van der Waals surface area contributed by atoms with Crippen LogP contribution < -0.4 is 0 Å². The lowest BCUT2D eigenvalue weighted by molar-refractivity contribution is -0.130. The monoisotopic (exact) mass is 668 g/mol. The van der Waals surface area contributed by atoms with E-state index in [1.165, 1.54) is 12.1 Å². The molecule has 48 heavy (non-hydrogen) atoms. The molecule has 246 valence electrons. The van der Waals surface area contributed by atoms with Gasteiger partial charge in [-0.3, -0.25) is 9.69 Å². The number of alkyl halides is 1. The molecule has 1 aliphatic carbocycles. The van der Waals surface area contributed by atoms with Crippen LogP contribution in [0, 0.1) is 29.6 Å². The third-order valence-corrected chi connectivity index (χ3v) is 10.8. The first-order valence-electron chi connectivity index (χ1n) is 16.3. The number of rotatable bonds is 6. The molecule has 3 fully saturated rings. The molecule has 0 radical (unpaired) electrons. The Labute approximate surface area is 283 Å². The first-order chi connectivity index (χ1) is 23.3. The number of carbonyl (C=O) groups is 1. The van der Waals surface area contributed by atoms with Crippen LogP contribution in [0.3, 0.4) is 0 Å². The first kappa shape index (κ1) is 32.1. The van der Waals surface area contributed by atoms with Gasteiger partial charge in [0.1, 0.15) is 36.3 Å². The van der Waals surface area contributed by atoms with Gasteiger partial charge in [0.05, 0.1) is 16.6 Å². The predicted octanol–water partition coefficient (Wildman–Crippen LogP) is 5.97. The second kappa shape index (κ2) is 12.8. The molecule has 7 rings (SSSR count). The summed E-state index contributed by atoms with van der Waals surface area (Å²) < 4.78 is 35.7. The largest absolute Gasteiger partial charge is 0.475 e. The summed E-state index contributed by atoms with van der Waals surface area (Å²) in [6.45, 7) is 13.9. The van der Waals surface area contributed by atoms with Crippen molar-refractivity contribution in [2.75, 3.05) is 45.9 Å². The number of hydrogen-bond acceptors (Lipinski definition) is 6. The number of allylic oxidation sites excluding steroid dienone is 2. The molecular formula is C37H35ClF2N6O2. The number of nitriles is 1. The molecule has 4 aliphatic heterocycles. The van der Waals surface area contributed by atoms with Gasteiger partial charge in [0.25, 0.3) is 0 Å². The number of amides is 1. The van der Waals surface area contributed by atoms with E-state index >= 15 is 0 Å². The van der Waals surface area contributed by atoms with E-state index in [4.69, 9.17) is 27.9 Å². The zero-order valence-electron chi connectivity index (χ0n) is 26.4. The summed E-state index contributed by atoms with van der Waals surface area (Å²) in [5.74, 6) is -0.869. The van der Waals surface area contributed by atoms with Gasteiger partial charge in [0, 0.05) is 49.6 Å². The van der Waals surface area contributed by atoms with E-state index in [1.807, 2.05) is 36.4 Å². The molecule has 5 aliphatic rings. The van der Waals surface area contributed by atoms with Crippen LogP contribution in [0.4, 0.5) is 8.78 Å². The second-order valence-corrected chi connectivity index (χ2v) is 13.5. The maximum Gasteiger partial charge on any atom is 0.246 e. The lowest BCUT2D eigenvalue weighted by Crippen LogP contribution is -2.57. The fourth-order valence-electron chi connectivity index (χ4n) is 8.22. The molecule has 0 aromatic heterocycles. The Kier molecular flexibility index (Phi) is 8.57. The average molecular weight is 669 g/mol. The number of hydrogen-bond donors (Lipinski definition) is 0. The van der Waals surface area contributed by atoms with Crippen LogP contribution in [0.2, 0.25) is 5.02 Å². The van der Waals surface area contributed by atoms with E-state index in [0.29, 0.717) is 43.6 Å². The van der Waals surface area contributed by atoms with E-state index < -0.39 is 29.6 Å². The van der Waals surface area contributed by atoms with Crippen molar-refractivity contribution in [3.63, 3.8) is 0 Å². The van der Waals surface area contributed by atoms with Crippen molar-refractivity contribution in [3.8, 4) is 6.07 Å². The normalized spacial score (nSPS) is 28.4. The smallest absolute Gasteiger partial charge is 0.246 e. The number of dihydropyridines is 1. The Morgan fingerprint density at radius 1 is 1.27 bits per heavy atom. The molecule has 8 nitrogen and oxygen atoms in total. The topological polar surface area (TPSA) is 76.5 Å². The molecule has 0 spiro atoms. The minimum Gasteiger partial charge on any atom is -0.475 e.